The fraction of sp³-hybridized carbons (Fsp3) is 0.289. The molecule has 0 spiro atoms. The number of ether oxygens (including phenoxy) is 3. The Morgan fingerprint density at radius 3 is 1.72 bits per heavy atom. The maximum atomic E-state index is 13.0. The Balaban J connectivity index is 0.000000506. The number of rotatable bonds is 15. The van der Waals surface area contributed by atoms with E-state index in [9.17, 15) is 23.6 Å². The van der Waals surface area contributed by atoms with Gasteiger partial charge in [-0.3, -0.25) is 9.88 Å². The van der Waals surface area contributed by atoms with Gasteiger partial charge in [-0.1, -0.05) is 24.3 Å². The van der Waals surface area contributed by atoms with Gasteiger partial charge in [0.15, 0.2) is 11.5 Å². The third-order valence-electron chi connectivity index (χ3n) is 7.42. The lowest BCUT2D eigenvalue weighted by Crippen LogP contribution is -2.46. The molecular formula is C38H44FN3O11. The van der Waals surface area contributed by atoms with Crippen LogP contribution in [-0.2, 0) is 25.7 Å². The molecule has 284 valence electrons. The van der Waals surface area contributed by atoms with Crippen LogP contribution in [0.25, 0.3) is 17.3 Å². The predicted molar refractivity (Wildman–Crippen MR) is 195 cm³/mol. The van der Waals surface area contributed by atoms with Gasteiger partial charge in [-0.2, -0.15) is 0 Å². The minimum Gasteiger partial charge on any atom is -0.493 e. The molecule has 1 aromatic heterocycles. The number of pyridine rings is 1. The highest BCUT2D eigenvalue weighted by atomic mass is 19.1. The molecule has 0 unspecified atom stereocenters. The number of nitrogens with zero attached hydrogens (tertiary/aromatic N) is 3. The first kappa shape index (κ1) is 43.1. The van der Waals surface area contributed by atoms with Crippen molar-refractivity contribution in [3.63, 3.8) is 0 Å². The van der Waals surface area contributed by atoms with E-state index in [1.807, 2.05) is 30.5 Å². The van der Waals surface area contributed by atoms with Gasteiger partial charge in [-0.15, -0.1) is 0 Å². The van der Waals surface area contributed by atoms with Crippen LogP contribution in [0.4, 0.5) is 4.39 Å². The molecule has 0 bridgehead atoms. The lowest BCUT2D eigenvalue weighted by molar-refractivity contribution is -0.134. The van der Waals surface area contributed by atoms with Gasteiger partial charge in [0.05, 0.1) is 27.0 Å². The second kappa shape index (κ2) is 23.4. The quantitative estimate of drug-likeness (QED) is 0.121. The van der Waals surface area contributed by atoms with Crippen molar-refractivity contribution in [2.75, 3.05) is 54.1 Å². The number of carboxylic acid groups (broad SMARTS) is 4. The molecular weight excluding hydrogens is 693 g/mol. The monoisotopic (exact) mass is 737 g/mol. The zero-order chi connectivity index (χ0) is 39.2. The lowest BCUT2D eigenvalue weighted by Gasteiger charge is -2.34. The summed E-state index contributed by atoms with van der Waals surface area (Å²) < 4.78 is 29.5. The van der Waals surface area contributed by atoms with E-state index >= 15 is 0 Å². The van der Waals surface area contributed by atoms with E-state index in [2.05, 4.69) is 39.1 Å². The van der Waals surface area contributed by atoms with Gasteiger partial charge in [0.1, 0.15) is 5.82 Å². The molecule has 0 saturated carbocycles. The Labute approximate surface area is 306 Å². The number of piperazine rings is 1. The van der Waals surface area contributed by atoms with Crippen LogP contribution in [0, 0.1) is 5.82 Å². The lowest BCUT2D eigenvalue weighted by atomic mass is 10.1. The van der Waals surface area contributed by atoms with Gasteiger partial charge in [0, 0.05) is 68.8 Å². The number of benzene rings is 2. The van der Waals surface area contributed by atoms with Crippen molar-refractivity contribution in [1.82, 2.24) is 14.8 Å². The van der Waals surface area contributed by atoms with Crippen LogP contribution < -0.4 is 14.2 Å². The molecule has 0 aliphatic carbocycles. The van der Waals surface area contributed by atoms with Gasteiger partial charge < -0.3 is 39.5 Å². The Morgan fingerprint density at radius 2 is 1.25 bits per heavy atom. The number of unbranched alkanes of at least 4 members (excludes halogenated alkanes) is 1. The first-order chi connectivity index (χ1) is 25.3. The highest BCUT2D eigenvalue weighted by molar-refractivity contribution is 5.90. The van der Waals surface area contributed by atoms with Crippen LogP contribution >= 0.6 is 0 Å². The molecule has 0 radical (unpaired) electrons. The molecule has 14 nitrogen and oxygen atoms in total. The highest BCUT2D eigenvalue weighted by Crippen LogP contribution is 2.40. The fourth-order valence-corrected chi connectivity index (χ4v) is 4.90. The van der Waals surface area contributed by atoms with Crippen molar-refractivity contribution in [3.05, 3.63) is 102 Å². The predicted octanol–water partition coefficient (Wildman–Crippen LogP) is 4.95. The van der Waals surface area contributed by atoms with Crippen LogP contribution in [0.2, 0.25) is 0 Å². The molecule has 4 rings (SSSR count). The Hall–Kier alpha value is -6.06. The van der Waals surface area contributed by atoms with Crippen LogP contribution in [0.3, 0.4) is 0 Å². The number of hydrogen-bond acceptors (Lipinski definition) is 10. The van der Waals surface area contributed by atoms with Gasteiger partial charge in [0.2, 0.25) is 5.75 Å². The largest absolute Gasteiger partial charge is 0.493 e. The summed E-state index contributed by atoms with van der Waals surface area (Å²) >= 11 is 0. The van der Waals surface area contributed by atoms with E-state index in [1.165, 1.54) is 17.7 Å². The SMILES string of the molecule is COc1cc(-c2cc(CN3CCN(CCC/C=C/c4ccc(F)cc4)CC3)ccn2)cc(OC)c1OC.O=C(O)/C=C/C(=O)O.O=C(O)/C=C/C(=O)O. The van der Waals surface area contributed by atoms with Gasteiger partial charge in [-0.25, -0.2) is 23.6 Å². The number of halogens is 1. The van der Waals surface area contributed by atoms with Crippen molar-refractivity contribution in [2.45, 2.75) is 19.4 Å². The molecule has 1 saturated heterocycles. The summed E-state index contributed by atoms with van der Waals surface area (Å²) in [7, 11) is 4.84. The number of methoxy groups -OCH3 is 3. The summed E-state index contributed by atoms with van der Waals surface area (Å²) in [6, 6.07) is 14.7. The molecule has 2 heterocycles. The zero-order valence-electron chi connectivity index (χ0n) is 29.7. The average molecular weight is 738 g/mol. The molecule has 0 atom stereocenters. The van der Waals surface area contributed by atoms with Crippen LogP contribution in [0.15, 0.2) is 85.1 Å². The number of carboxylic acids is 4. The first-order valence-electron chi connectivity index (χ1n) is 16.2. The first-order valence-corrected chi connectivity index (χ1v) is 16.2. The summed E-state index contributed by atoms with van der Waals surface area (Å²) in [5, 5.41) is 31.2. The molecule has 1 fully saturated rings. The molecule has 15 heteroatoms. The minimum atomic E-state index is -1.26. The van der Waals surface area contributed by atoms with E-state index in [1.54, 1.807) is 21.3 Å². The maximum absolute atomic E-state index is 13.0. The van der Waals surface area contributed by atoms with Crippen molar-refractivity contribution in [1.29, 1.82) is 0 Å². The number of carbonyl (C=O) groups is 4. The Kier molecular flexibility index (Phi) is 19.0. The van der Waals surface area contributed by atoms with Gasteiger partial charge >= 0.3 is 23.9 Å². The number of hydrogen-bond donors (Lipinski definition) is 4. The summed E-state index contributed by atoms with van der Waals surface area (Å²) in [6.07, 6.45) is 10.5. The fourth-order valence-electron chi connectivity index (χ4n) is 4.90. The van der Waals surface area contributed by atoms with E-state index < -0.39 is 23.9 Å². The molecule has 3 aromatic rings. The van der Waals surface area contributed by atoms with Gasteiger partial charge in [0.25, 0.3) is 0 Å². The number of aromatic nitrogens is 1. The van der Waals surface area contributed by atoms with Crippen LogP contribution in [0.5, 0.6) is 17.2 Å². The summed E-state index contributed by atoms with van der Waals surface area (Å²) in [6.45, 7) is 6.25. The van der Waals surface area contributed by atoms with Crippen molar-refractivity contribution in [2.24, 2.45) is 0 Å². The third kappa shape index (κ3) is 17.1. The summed E-state index contributed by atoms with van der Waals surface area (Å²) in [5.41, 5.74) is 4.08. The van der Waals surface area contributed by atoms with Crippen molar-refractivity contribution < 1.29 is 58.2 Å². The zero-order valence-corrected chi connectivity index (χ0v) is 29.7. The van der Waals surface area contributed by atoms with E-state index in [4.69, 9.17) is 34.6 Å². The summed E-state index contributed by atoms with van der Waals surface area (Å²) in [5.74, 6) is -3.41. The van der Waals surface area contributed by atoms with Gasteiger partial charge in [-0.05, 0) is 66.9 Å². The van der Waals surface area contributed by atoms with Crippen molar-refractivity contribution >= 4 is 30.0 Å². The van der Waals surface area contributed by atoms with E-state index in [0.29, 0.717) is 41.6 Å². The second-order valence-corrected chi connectivity index (χ2v) is 11.2. The molecule has 1 aliphatic heterocycles. The molecule has 1 aliphatic rings. The normalized spacial score (nSPS) is 13.1. The number of aliphatic carboxylic acids is 4. The standard InChI is InChI=1S/C30H36FN3O3.2C4H4O4/c1-35-28-20-25(21-29(36-2)30(28)37-3)27-19-24(12-13-32-27)22-34-17-15-33(16-18-34)14-6-4-5-7-23-8-10-26(31)11-9-23;2*5-3(6)1-2-4(7)8/h5,7-13,19-21H,4,6,14-18,22H2,1-3H3;2*1-2H,(H,5,6)(H,7,8)/b7-5+;2*2-1+. The molecule has 53 heavy (non-hydrogen) atoms. The molecule has 2 aromatic carbocycles. The minimum absolute atomic E-state index is 0.195. The third-order valence-corrected chi connectivity index (χ3v) is 7.42. The molecule has 0 amide bonds. The highest BCUT2D eigenvalue weighted by Gasteiger charge is 2.18. The topological polar surface area (TPSA) is 196 Å². The van der Waals surface area contributed by atoms with Crippen LogP contribution in [-0.4, -0.2) is 113 Å². The maximum Gasteiger partial charge on any atom is 0.328 e. The van der Waals surface area contributed by atoms with E-state index in [0.717, 1.165) is 68.9 Å². The van der Waals surface area contributed by atoms with E-state index in [-0.39, 0.29) is 5.82 Å². The smallest absolute Gasteiger partial charge is 0.328 e. The molecule has 4 N–H and O–H groups in total. The Bertz CT molecular complexity index is 1640. The summed E-state index contributed by atoms with van der Waals surface area (Å²) in [4.78, 5) is 47.8. The number of allylic oxidation sites excluding steroid dienone is 1. The average Bonchev–Trinajstić information content (AvgIpc) is 3.14. The Morgan fingerprint density at radius 1 is 0.736 bits per heavy atom. The van der Waals surface area contributed by atoms with Crippen LogP contribution in [0.1, 0.15) is 24.0 Å². The second-order valence-electron chi connectivity index (χ2n) is 11.2. The van der Waals surface area contributed by atoms with Crippen molar-refractivity contribution in [3.8, 4) is 28.5 Å².